The molecule has 1 rings (SSSR count). The zero-order chi connectivity index (χ0) is 8.97. The number of hydrogen-bond acceptors (Lipinski definition) is 1. The first-order chi connectivity index (χ1) is 5.70. The van der Waals surface area contributed by atoms with Crippen molar-refractivity contribution in [2.45, 2.75) is 13.5 Å². The van der Waals surface area contributed by atoms with Gasteiger partial charge in [0.25, 0.3) is 0 Å². The maximum absolute atomic E-state index is 5.94. The van der Waals surface area contributed by atoms with Crippen LogP contribution < -0.4 is 5.32 Å². The van der Waals surface area contributed by atoms with Gasteiger partial charge in [0.2, 0.25) is 0 Å². The van der Waals surface area contributed by atoms with Gasteiger partial charge in [-0.1, -0.05) is 36.4 Å². The molecule has 2 heteroatoms. The average Bonchev–Trinajstić information content (AvgIpc) is 2.03. The van der Waals surface area contributed by atoms with Crippen molar-refractivity contribution in [3.8, 4) is 0 Å². The van der Waals surface area contributed by atoms with Gasteiger partial charge in [0.1, 0.15) is 0 Å². The molecule has 0 bridgehead atoms. The predicted molar refractivity (Wildman–Crippen MR) is 53.1 cm³/mol. The van der Waals surface area contributed by atoms with Gasteiger partial charge in [-0.15, -0.1) is 0 Å². The third-order valence-electron chi connectivity index (χ3n) is 1.54. The summed E-state index contributed by atoms with van der Waals surface area (Å²) in [5.41, 5.74) is 2.05. The topological polar surface area (TPSA) is 12.0 Å². The average molecular weight is 182 g/mol. The smallest absolute Gasteiger partial charge is 0.0455 e. The zero-order valence-electron chi connectivity index (χ0n) is 7.10. The third-order valence-corrected chi connectivity index (χ3v) is 1.91. The molecule has 0 aliphatic heterocycles. The molecule has 0 unspecified atom stereocenters. The Kier molecular flexibility index (Phi) is 3.18. The fourth-order valence-corrected chi connectivity index (χ4v) is 1.09. The molecule has 1 aromatic carbocycles. The van der Waals surface area contributed by atoms with Crippen molar-refractivity contribution in [1.29, 1.82) is 0 Å². The second-order valence-corrected chi connectivity index (χ2v) is 3.13. The van der Waals surface area contributed by atoms with Crippen molar-refractivity contribution in [3.05, 3.63) is 47.1 Å². The van der Waals surface area contributed by atoms with E-state index >= 15 is 0 Å². The van der Waals surface area contributed by atoms with Crippen molar-refractivity contribution in [3.63, 3.8) is 0 Å². The van der Waals surface area contributed by atoms with Gasteiger partial charge in [-0.05, 0) is 18.6 Å². The van der Waals surface area contributed by atoms with Gasteiger partial charge >= 0.3 is 0 Å². The largest absolute Gasteiger partial charge is 0.385 e. The van der Waals surface area contributed by atoms with E-state index in [2.05, 4.69) is 11.9 Å². The van der Waals surface area contributed by atoms with Crippen molar-refractivity contribution >= 4 is 11.6 Å². The fraction of sp³-hybridized carbons (Fsp3) is 0.200. The molecule has 0 atom stereocenters. The number of benzene rings is 1. The molecule has 0 fully saturated rings. The van der Waals surface area contributed by atoms with Gasteiger partial charge in [-0.2, -0.15) is 0 Å². The summed E-state index contributed by atoms with van der Waals surface area (Å²) in [7, 11) is 0. The highest BCUT2D eigenvalue weighted by molar-refractivity contribution is 6.31. The third kappa shape index (κ3) is 2.59. The summed E-state index contributed by atoms with van der Waals surface area (Å²) >= 11 is 5.94. The molecule has 0 saturated heterocycles. The summed E-state index contributed by atoms with van der Waals surface area (Å²) in [6, 6.07) is 7.78. The molecule has 0 aromatic heterocycles. The SMILES string of the molecule is C=C(C)NCc1ccccc1Cl. The van der Waals surface area contributed by atoms with Crippen molar-refractivity contribution in [2.24, 2.45) is 0 Å². The molecule has 0 amide bonds. The molecule has 0 spiro atoms. The van der Waals surface area contributed by atoms with Gasteiger partial charge < -0.3 is 5.32 Å². The molecule has 1 N–H and O–H groups in total. The fourth-order valence-electron chi connectivity index (χ4n) is 0.888. The van der Waals surface area contributed by atoms with E-state index in [9.17, 15) is 0 Å². The number of hydrogen-bond donors (Lipinski definition) is 1. The van der Waals surface area contributed by atoms with Crippen LogP contribution in [0.1, 0.15) is 12.5 Å². The Labute approximate surface area is 78.1 Å². The molecule has 64 valence electrons. The summed E-state index contributed by atoms with van der Waals surface area (Å²) in [6.45, 7) is 6.42. The Morgan fingerprint density at radius 1 is 1.50 bits per heavy atom. The number of allylic oxidation sites excluding steroid dienone is 1. The van der Waals surface area contributed by atoms with Crippen LogP contribution in [0, 0.1) is 0 Å². The molecule has 0 aliphatic carbocycles. The van der Waals surface area contributed by atoms with Gasteiger partial charge in [0.15, 0.2) is 0 Å². The Bertz CT molecular complexity index is 281. The lowest BCUT2D eigenvalue weighted by Crippen LogP contribution is -2.09. The minimum Gasteiger partial charge on any atom is -0.385 e. The molecule has 0 radical (unpaired) electrons. The van der Waals surface area contributed by atoms with Crippen LogP contribution in [-0.2, 0) is 6.54 Å². The molecule has 0 heterocycles. The summed E-state index contributed by atoms with van der Waals surface area (Å²) in [5, 5.41) is 3.92. The summed E-state index contributed by atoms with van der Waals surface area (Å²) in [4.78, 5) is 0. The first-order valence-electron chi connectivity index (χ1n) is 3.83. The highest BCUT2D eigenvalue weighted by atomic mass is 35.5. The quantitative estimate of drug-likeness (QED) is 0.756. The Hall–Kier alpha value is -0.950. The number of rotatable bonds is 3. The van der Waals surface area contributed by atoms with Gasteiger partial charge in [-0.3, -0.25) is 0 Å². The second-order valence-electron chi connectivity index (χ2n) is 2.73. The van der Waals surface area contributed by atoms with E-state index < -0.39 is 0 Å². The van der Waals surface area contributed by atoms with E-state index in [0.29, 0.717) is 0 Å². The monoisotopic (exact) mass is 181 g/mol. The first-order valence-corrected chi connectivity index (χ1v) is 4.20. The molecular weight excluding hydrogens is 170 g/mol. The second kappa shape index (κ2) is 4.17. The van der Waals surface area contributed by atoms with Gasteiger partial charge in [-0.25, -0.2) is 0 Å². The van der Waals surface area contributed by atoms with Gasteiger partial charge in [0, 0.05) is 17.3 Å². The minimum atomic E-state index is 0.745. The van der Waals surface area contributed by atoms with E-state index in [4.69, 9.17) is 11.6 Å². The Balaban J connectivity index is 2.63. The summed E-state index contributed by atoms with van der Waals surface area (Å²) in [5.74, 6) is 0. The Morgan fingerprint density at radius 2 is 2.17 bits per heavy atom. The molecule has 1 aromatic rings. The number of nitrogens with one attached hydrogen (secondary N) is 1. The molecule has 12 heavy (non-hydrogen) atoms. The molecule has 0 saturated carbocycles. The highest BCUT2D eigenvalue weighted by Gasteiger charge is 1.96. The van der Waals surface area contributed by atoms with Crippen LogP contribution in [0.15, 0.2) is 36.5 Å². The van der Waals surface area contributed by atoms with Crippen LogP contribution >= 0.6 is 11.6 Å². The van der Waals surface area contributed by atoms with Crippen molar-refractivity contribution < 1.29 is 0 Å². The van der Waals surface area contributed by atoms with Crippen LogP contribution in [0.3, 0.4) is 0 Å². The highest BCUT2D eigenvalue weighted by Crippen LogP contribution is 2.14. The lowest BCUT2D eigenvalue weighted by Gasteiger charge is -2.06. The zero-order valence-corrected chi connectivity index (χ0v) is 7.86. The maximum Gasteiger partial charge on any atom is 0.0455 e. The van der Waals surface area contributed by atoms with Gasteiger partial charge in [0.05, 0.1) is 0 Å². The molecule has 0 aliphatic rings. The number of halogens is 1. The van der Waals surface area contributed by atoms with Crippen LogP contribution in [-0.4, -0.2) is 0 Å². The maximum atomic E-state index is 5.94. The molecule has 1 nitrogen and oxygen atoms in total. The normalized spacial score (nSPS) is 9.50. The van der Waals surface area contributed by atoms with E-state index in [1.54, 1.807) is 0 Å². The minimum absolute atomic E-state index is 0.745. The van der Waals surface area contributed by atoms with E-state index in [1.807, 2.05) is 31.2 Å². The molecular formula is C10H12ClN. The van der Waals surface area contributed by atoms with Crippen LogP contribution in [0.5, 0.6) is 0 Å². The van der Waals surface area contributed by atoms with Crippen LogP contribution in [0.2, 0.25) is 5.02 Å². The van der Waals surface area contributed by atoms with Crippen LogP contribution in [0.25, 0.3) is 0 Å². The van der Waals surface area contributed by atoms with E-state index in [-0.39, 0.29) is 0 Å². The summed E-state index contributed by atoms with van der Waals surface area (Å²) < 4.78 is 0. The van der Waals surface area contributed by atoms with E-state index in [0.717, 1.165) is 22.8 Å². The van der Waals surface area contributed by atoms with Crippen molar-refractivity contribution in [1.82, 2.24) is 5.32 Å². The summed E-state index contributed by atoms with van der Waals surface area (Å²) in [6.07, 6.45) is 0. The van der Waals surface area contributed by atoms with Crippen LogP contribution in [0.4, 0.5) is 0 Å². The van der Waals surface area contributed by atoms with Crippen molar-refractivity contribution in [2.75, 3.05) is 0 Å². The standard InChI is InChI=1S/C10H12ClN/c1-8(2)12-7-9-5-3-4-6-10(9)11/h3-6,12H,1,7H2,2H3. The first kappa shape index (κ1) is 9.14. The lowest BCUT2D eigenvalue weighted by atomic mass is 10.2. The Morgan fingerprint density at radius 3 is 2.75 bits per heavy atom. The van der Waals surface area contributed by atoms with E-state index in [1.165, 1.54) is 0 Å². The predicted octanol–water partition coefficient (Wildman–Crippen LogP) is 2.96. The lowest BCUT2D eigenvalue weighted by molar-refractivity contribution is 0.816.